The standard InChI is InChI=1S/C46H74N4O12S/c1-46(2,3)62-42(52)26-18-16-14-12-10-8-6-4-5-7-9-11-13-15-17-22-38-23-19-25-41(34-38)63(56,57)50-44-48-35-39(36-49-44)43(53)47-27-31-59-32-33-60-37-40(51)24-20-28-58-29-21-30-61-45(54)55/h19,23,25,34-36H,4-18,20-22,24,26-33,37H2,1-3H3,(H,47,53)(H,54,55)(H,48,49,50). The molecule has 356 valence electrons. The van der Waals surface area contributed by atoms with Crippen molar-refractivity contribution < 1.29 is 56.4 Å². The largest absolute Gasteiger partial charge is 0.505 e. The Labute approximate surface area is 375 Å². The van der Waals surface area contributed by atoms with Gasteiger partial charge in [-0.15, -0.1) is 0 Å². The lowest BCUT2D eigenvalue weighted by Gasteiger charge is -2.19. The summed E-state index contributed by atoms with van der Waals surface area (Å²) in [5.41, 5.74) is 0.709. The van der Waals surface area contributed by atoms with Crippen molar-refractivity contribution in [1.82, 2.24) is 15.3 Å². The Bertz CT molecular complexity index is 1690. The first-order valence-corrected chi connectivity index (χ1v) is 24.3. The Morgan fingerprint density at radius 2 is 1.24 bits per heavy atom. The number of hydrogen-bond donors (Lipinski definition) is 3. The first-order chi connectivity index (χ1) is 30.2. The molecule has 0 radical (unpaired) electrons. The number of Topliss-reactive ketones (excluding diaryl/α,β-unsaturated/α-hetero) is 1. The van der Waals surface area contributed by atoms with Crippen molar-refractivity contribution in [3.8, 4) is 0 Å². The van der Waals surface area contributed by atoms with Crippen molar-refractivity contribution in [2.45, 2.75) is 160 Å². The molecule has 1 amide bonds. The number of carbonyl (C=O) groups is 4. The van der Waals surface area contributed by atoms with Crippen molar-refractivity contribution in [3.05, 3.63) is 47.8 Å². The number of carboxylic acid groups (broad SMARTS) is 1. The third kappa shape index (κ3) is 29.7. The van der Waals surface area contributed by atoms with Gasteiger partial charge in [-0.1, -0.05) is 95.6 Å². The molecule has 0 aliphatic rings. The van der Waals surface area contributed by atoms with Crippen LogP contribution >= 0.6 is 0 Å². The number of unbranched alkanes of at least 4 members (excludes halogenated alkanes) is 14. The van der Waals surface area contributed by atoms with E-state index >= 15 is 0 Å². The molecule has 17 heteroatoms. The van der Waals surface area contributed by atoms with Crippen LogP contribution in [0.4, 0.5) is 10.7 Å². The summed E-state index contributed by atoms with van der Waals surface area (Å²) in [7, 11) is -3.94. The van der Waals surface area contributed by atoms with Crippen LogP contribution in [0.3, 0.4) is 0 Å². The van der Waals surface area contributed by atoms with Gasteiger partial charge in [-0.2, -0.15) is 0 Å². The molecule has 0 aliphatic heterocycles. The first kappa shape index (κ1) is 54.9. The summed E-state index contributed by atoms with van der Waals surface area (Å²) in [6.45, 7) is 7.33. The van der Waals surface area contributed by atoms with Crippen molar-refractivity contribution >= 4 is 39.8 Å². The smallest absolute Gasteiger partial charge is 0.460 e. The molecule has 16 nitrogen and oxygen atoms in total. The first-order valence-electron chi connectivity index (χ1n) is 22.8. The van der Waals surface area contributed by atoms with Crippen molar-refractivity contribution in [2.24, 2.45) is 0 Å². The molecule has 1 aromatic carbocycles. The summed E-state index contributed by atoms with van der Waals surface area (Å²) >= 11 is 0. The zero-order valence-corrected chi connectivity index (χ0v) is 38.8. The van der Waals surface area contributed by atoms with Gasteiger partial charge in [0.05, 0.1) is 36.9 Å². The van der Waals surface area contributed by atoms with Gasteiger partial charge >= 0.3 is 12.1 Å². The fraction of sp³-hybridized carbons (Fsp3) is 0.696. The van der Waals surface area contributed by atoms with Crippen LogP contribution in [0.1, 0.15) is 159 Å². The number of amides is 1. The molecular weight excluding hydrogens is 833 g/mol. The van der Waals surface area contributed by atoms with E-state index in [9.17, 15) is 27.6 Å². The van der Waals surface area contributed by atoms with Gasteiger partial charge in [0.15, 0.2) is 5.78 Å². The Balaban J connectivity index is 1.48. The molecule has 2 rings (SSSR count). The van der Waals surface area contributed by atoms with E-state index in [1.807, 2.05) is 26.8 Å². The minimum Gasteiger partial charge on any atom is -0.460 e. The number of ether oxygens (including phenoxy) is 5. The lowest BCUT2D eigenvalue weighted by molar-refractivity contribution is -0.154. The molecule has 2 aromatic rings. The lowest BCUT2D eigenvalue weighted by Crippen LogP contribution is -2.28. The molecule has 3 N–H and O–H groups in total. The number of ketones is 1. The van der Waals surface area contributed by atoms with Gasteiger partial charge < -0.3 is 34.1 Å². The molecule has 0 atom stereocenters. The van der Waals surface area contributed by atoms with E-state index < -0.39 is 27.7 Å². The maximum Gasteiger partial charge on any atom is 0.505 e. The van der Waals surface area contributed by atoms with E-state index in [1.165, 1.54) is 89.1 Å². The number of carbonyl (C=O) groups excluding carboxylic acids is 3. The fourth-order valence-corrected chi connectivity index (χ4v) is 7.47. The van der Waals surface area contributed by atoms with Crippen LogP contribution in [0.2, 0.25) is 0 Å². The fourth-order valence-electron chi connectivity index (χ4n) is 6.45. The summed E-state index contributed by atoms with van der Waals surface area (Å²) in [5.74, 6) is -0.749. The second-order valence-electron chi connectivity index (χ2n) is 16.6. The topological polar surface area (TPSA) is 219 Å². The predicted octanol–water partition coefficient (Wildman–Crippen LogP) is 8.62. The molecule has 0 aliphatic carbocycles. The van der Waals surface area contributed by atoms with E-state index in [2.05, 4.69) is 24.7 Å². The van der Waals surface area contributed by atoms with Gasteiger partial charge in [-0.25, -0.2) is 27.9 Å². The average molecular weight is 907 g/mol. The number of rotatable bonds is 38. The van der Waals surface area contributed by atoms with E-state index in [1.54, 1.807) is 12.1 Å². The maximum absolute atomic E-state index is 13.1. The summed E-state index contributed by atoms with van der Waals surface area (Å²) in [6, 6.07) is 6.89. The van der Waals surface area contributed by atoms with E-state index in [0.717, 1.165) is 37.7 Å². The lowest BCUT2D eigenvalue weighted by atomic mass is 10.0. The normalized spacial score (nSPS) is 11.6. The van der Waals surface area contributed by atoms with Gasteiger partial charge in [0, 0.05) is 51.4 Å². The zero-order chi connectivity index (χ0) is 46.0. The summed E-state index contributed by atoms with van der Waals surface area (Å²) in [6.07, 6.45) is 21.7. The molecule has 0 saturated heterocycles. The maximum atomic E-state index is 13.1. The number of esters is 1. The number of sulfonamides is 1. The van der Waals surface area contributed by atoms with Crippen LogP contribution in [-0.2, 0) is 49.7 Å². The van der Waals surface area contributed by atoms with E-state index in [-0.39, 0.29) is 67.7 Å². The quantitative estimate of drug-likeness (QED) is 0.0425. The van der Waals surface area contributed by atoms with Gasteiger partial charge in [-0.3, -0.25) is 14.4 Å². The molecule has 0 unspecified atom stereocenters. The summed E-state index contributed by atoms with van der Waals surface area (Å²) in [4.78, 5) is 54.6. The molecule has 63 heavy (non-hydrogen) atoms. The average Bonchev–Trinajstić information content (AvgIpc) is 3.23. The number of aryl methyl sites for hydroxylation is 1. The highest BCUT2D eigenvalue weighted by Crippen LogP contribution is 2.19. The Hall–Kier alpha value is -4.19. The molecule has 0 saturated carbocycles. The van der Waals surface area contributed by atoms with Gasteiger partial charge in [0.2, 0.25) is 5.95 Å². The minimum atomic E-state index is -3.94. The third-order valence-corrected chi connectivity index (χ3v) is 11.0. The minimum absolute atomic E-state index is 0.0430. The second-order valence-corrected chi connectivity index (χ2v) is 18.3. The van der Waals surface area contributed by atoms with Crippen molar-refractivity contribution in [3.63, 3.8) is 0 Å². The Kier molecular flexibility index (Phi) is 29.1. The number of nitrogens with zero attached hydrogens (tertiary/aromatic N) is 2. The zero-order valence-electron chi connectivity index (χ0n) is 38.0. The van der Waals surface area contributed by atoms with Crippen molar-refractivity contribution in [2.75, 3.05) is 57.5 Å². The van der Waals surface area contributed by atoms with Crippen molar-refractivity contribution in [1.29, 1.82) is 0 Å². The highest BCUT2D eigenvalue weighted by Gasteiger charge is 2.18. The number of nitrogens with one attached hydrogen (secondary N) is 2. The van der Waals surface area contributed by atoms with E-state index in [4.69, 9.17) is 24.1 Å². The van der Waals surface area contributed by atoms with Gasteiger partial charge in [0.1, 0.15) is 12.2 Å². The Morgan fingerprint density at radius 1 is 0.667 bits per heavy atom. The van der Waals surface area contributed by atoms with E-state index in [0.29, 0.717) is 38.9 Å². The monoisotopic (exact) mass is 907 g/mol. The number of benzene rings is 1. The second kappa shape index (κ2) is 33.3. The highest BCUT2D eigenvalue weighted by atomic mass is 32.2. The predicted molar refractivity (Wildman–Crippen MR) is 240 cm³/mol. The summed E-state index contributed by atoms with van der Waals surface area (Å²) in [5, 5.41) is 11.1. The molecule has 1 heterocycles. The van der Waals surface area contributed by atoms with Crippen LogP contribution in [-0.4, -0.2) is 106 Å². The summed E-state index contributed by atoms with van der Waals surface area (Å²) < 4.78 is 54.4. The molecule has 0 bridgehead atoms. The van der Waals surface area contributed by atoms with Crippen LogP contribution < -0.4 is 10.0 Å². The SMILES string of the molecule is CC(C)(C)OC(=O)CCCCCCCCCCCCCCCCCc1cccc(S(=O)(=O)Nc2ncc(C(=O)NCCOCCOCC(=O)CCCOCCCOC(=O)O)cn2)c1. The van der Waals surface area contributed by atoms with Crippen LogP contribution in [0.15, 0.2) is 41.6 Å². The molecule has 0 fully saturated rings. The van der Waals surface area contributed by atoms with Gasteiger partial charge in [-0.05, 0) is 64.2 Å². The molecule has 1 aromatic heterocycles. The van der Waals surface area contributed by atoms with Gasteiger partial charge in [0.25, 0.3) is 15.9 Å². The van der Waals surface area contributed by atoms with Crippen LogP contribution in [0.5, 0.6) is 0 Å². The van der Waals surface area contributed by atoms with Crippen LogP contribution in [0, 0.1) is 0 Å². The number of aromatic nitrogens is 2. The molecule has 0 spiro atoms. The number of anilines is 1. The third-order valence-electron chi connectivity index (χ3n) is 9.68. The Morgan fingerprint density at radius 3 is 1.86 bits per heavy atom. The molecular formula is C46H74N4O12S. The van der Waals surface area contributed by atoms with Crippen LogP contribution in [0.25, 0.3) is 0 Å². The highest BCUT2D eigenvalue weighted by molar-refractivity contribution is 7.92. The number of hydrogen-bond acceptors (Lipinski definition) is 13.